The SMILES string of the molecule is CCN(CC)C(N)=NCCCCNc1ccccn1.I. The van der Waals surface area contributed by atoms with Gasteiger partial charge >= 0.3 is 0 Å². The fraction of sp³-hybridized carbons (Fsp3) is 0.571. The summed E-state index contributed by atoms with van der Waals surface area (Å²) in [7, 11) is 0. The van der Waals surface area contributed by atoms with Crippen LogP contribution in [0.2, 0.25) is 0 Å². The van der Waals surface area contributed by atoms with Crippen LogP contribution in [0.4, 0.5) is 5.82 Å². The van der Waals surface area contributed by atoms with Crippen molar-refractivity contribution in [3.8, 4) is 0 Å². The van der Waals surface area contributed by atoms with Gasteiger partial charge in [0.1, 0.15) is 5.82 Å². The standard InChI is InChI=1S/C14H25N5.HI/c1-3-19(4-2)14(15)18-12-8-7-11-17-13-9-5-6-10-16-13;/h5-6,9-10H,3-4,7-8,11-12H2,1-2H3,(H2,15,18)(H,16,17);1H. The molecule has 1 rings (SSSR count). The lowest BCUT2D eigenvalue weighted by Gasteiger charge is -2.19. The molecule has 1 aromatic heterocycles. The number of aliphatic imine (C=N–C) groups is 1. The Bertz CT molecular complexity index is 365. The molecule has 0 saturated heterocycles. The number of nitrogens with one attached hydrogen (secondary N) is 1. The van der Waals surface area contributed by atoms with Crippen molar-refractivity contribution in [3.63, 3.8) is 0 Å². The Balaban J connectivity index is 0.00000361. The molecule has 6 heteroatoms. The lowest BCUT2D eigenvalue weighted by Crippen LogP contribution is -2.37. The lowest BCUT2D eigenvalue weighted by molar-refractivity contribution is 0.458. The van der Waals surface area contributed by atoms with E-state index in [4.69, 9.17) is 5.73 Å². The Labute approximate surface area is 139 Å². The number of pyridine rings is 1. The second-order valence-corrected chi connectivity index (χ2v) is 4.26. The van der Waals surface area contributed by atoms with E-state index in [0.717, 1.165) is 44.8 Å². The van der Waals surface area contributed by atoms with Crippen molar-refractivity contribution in [3.05, 3.63) is 24.4 Å². The number of guanidine groups is 1. The number of unbranched alkanes of at least 4 members (excludes halogenated alkanes) is 1. The molecular weight excluding hydrogens is 365 g/mol. The number of anilines is 1. The summed E-state index contributed by atoms with van der Waals surface area (Å²) in [4.78, 5) is 10.7. The van der Waals surface area contributed by atoms with E-state index in [1.54, 1.807) is 6.20 Å². The molecule has 0 aliphatic rings. The predicted molar refractivity (Wildman–Crippen MR) is 96.8 cm³/mol. The highest BCUT2D eigenvalue weighted by molar-refractivity contribution is 14.0. The highest BCUT2D eigenvalue weighted by Gasteiger charge is 2.00. The smallest absolute Gasteiger partial charge is 0.191 e. The van der Waals surface area contributed by atoms with E-state index in [2.05, 4.69) is 34.0 Å². The van der Waals surface area contributed by atoms with Crippen molar-refractivity contribution < 1.29 is 0 Å². The second kappa shape index (κ2) is 11.7. The minimum atomic E-state index is 0. The molecule has 0 spiro atoms. The first kappa shape index (κ1) is 18.9. The van der Waals surface area contributed by atoms with Gasteiger partial charge in [-0.2, -0.15) is 0 Å². The van der Waals surface area contributed by atoms with E-state index in [0.29, 0.717) is 5.96 Å². The number of nitrogens with zero attached hydrogens (tertiary/aromatic N) is 3. The summed E-state index contributed by atoms with van der Waals surface area (Å²) in [6.45, 7) is 7.69. The second-order valence-electron chi connectivity index (χ2n) is 4.26. The molecule has 0 unspecified atom stereocenters. The topological polar surface area (TPSA) is 66.5 Å². The molecule has 0 amide bonds. The van der Waals surface area contributed by atoms with Crippen LogP contribution < -0.4 is 11.1 Å². The molecule has 0 aromatic carbocycles. The van der Waals surface area contributed by atoms with Crippen LogP contribution in [0.15, 0.2) is 29.4 Å². The monoisotopic (exact) mass is 391 g/mol. The zero-order valence-corrected chi connectivity index (χ0v) is 14.7. The summed E-state index contributed by atoms with van der Waals surface area (Å²) in [5.41, 5.74) is 5.90. The predicted octanol–water partition coefficient (Wildman–Crippen LogP) is 2.55. The molecule has 0 bridgehead atoms. The third-order valence-corrected chi connectivity index (χ3v) is 2.92. The average Bonchev–Trinajstić information content (AvgIpc) is 2.45. The minimum absolute atomic E-state index is 0. The molecule has 1 heterocycles. The first-order valence-electron chi connectivity index (χ1n) is 6.97. The number of nitrogens with two attached hydrogens (primary N) is 1. The van der Waals surface area contributed by atoms with Crippen molar-refractivity contribution in [1.29, 1.82) is 0 Å². The Morgan fingerprint density at radius 2 is 2.05 bits per heavy atom. The van der Waals surface area contributed by atoms with Crippen LogP contribution in [0.5, 0.6) is 0 Å². The van der Waals surface area contributed by atoms with Crippen molar-refractivity contribution in [2.75, 3.05) is 31.5 Å². The van der Waals surface area contributed by atoms with Crippen LogP contribution in [0.1, 0.15) is 26.7 Å². The maximum Gasteiger partial charge on any atom is 0.191 e. The van der Waals surface area contributed by atoms with Gasteiger partial charge in [0.2, 0.25) is 0 Å². The number of halogens is 1. The molecule has 20 heavy (non-hydrogen) atoms. The van der Waals surface area contributed by atoms with Gasteiger partial charge in [-0.25, -0.2) is 4.98 Å². The van der Waals surface area contributed by atoms with Gasteiger partial charge < -0.3 is 16.0 Å². The summed E-state index contributed by atoms with van der Waals surface area (Å²) < 4.78 is 0. The molecule has 0 saturated carbocycles. The minimum Gasteiger partial charge on any atom is -0.370 e. The molecule has 5 nitrogen and oxygen atoms in total. The van der Waals surface area contributed by atoms with Crippen molar-refractivity contribution >= 4 is 35.8 Å². The van der Waals surface area contributed by atoms with Gasteiger partial charge in [-0.1, -0.05) is 6.07 Å². The van der Waals surface area contributed by atoms with Crippen LogP contribution >= 0.6 is 24.0 Å². The van der Waals surface area contributed by atoms with Gasteiger partial charge in [0.25, 0.3) is 0 Å². The van der Waals surface area contributed by atoms with Gasteiger partial charge in [0, 0.05) is 32.4 Å². The number of hydrogen-bond acceptors (Lipinski definition) is 3. The third-order valence-electron chi connectivity index (χ3n) is 2.92. The molecular formula is C14H26IN5. The van der Waals surface area contributed by atoms with Gasteiger partial charge in [0.15, 0.2) is 5.96 Å². The van der Waals surface area contributed by atoms with E-state index in [-0.39, 0.29) is 24.0 Å². The van der Waals surface area contributed by atoms with Crippen LogP contribution in [0.3, 0.4) is 0 Å². The van der Waals surface area contributed by atoms with Crippen molar-refractivity contribution in [1.82, 2.24) is 9.88 Å². The zero-order valence-electron chi connectivity index (χ0n) is 12.4. The fourth-order valence-corrected chi connectivity index (χ4v) is 1.76. The summed E-state index contributed by atoms with van der Waals surface area (Å²) in [5, 5.41) is 3.28. The van der Waals surface area contributed by atoms with E-state index >= 15 is 0 Å². The molecule has 0 aliphatic heterocycles. The summed E-state index contributed by atoms with van der Waals surface area (Å²) >= 11 is 0. The molecule has 0 atom stereocenters. The molecule has 0 fully saturated rings. The summed E-state index contributed by atoms with van der Waals surface area (Å²) in [5.74, 6) is 1.58. The molecule has 0 radical (unpaired) electrons. The molecule has 3 N–H and O–H groups in total. The zero-order chi connectivity index (χ0) is 13.9. The highest BCUT2D eigenvalue weighted by Crippen LogP contribution is 2.00. The van der Waals surface area contributed by atoms with E-state index in [1.165, 1.54) is 0 Å². The summed E-state index contributed by atoms with van der Waals surface area (Å²) in [6, 6.07) is 5.86. The number of aromatic nitrogens is 1. The van der Waals surface area contributed by atoms with Gasteiger partial charge in [-0.3, -0.25) is 4.99 Å². The Kier molecular flexibility index (Phi) is 11.1. The largest absolute Gasteiger partial charge is 0.370 e. The van der Waals surface area contributed by atoms with Crippen LogP contribution in [-0.2, 0) is 0 Å². The Morgan fingerprint density at radius 3 is 2.65 bits per heavy atom. The van der Waals surface area contributed by atoms with Crippen LogP contribution in [0.25, 0.3) is 0 Å². The van der Waals surface area contributed by atoms with Crippen molar-refractivity contribution in [2.24, 2.45) is 10.7 Å². The van der Waals surface area contributed by atoms with E-state index < -0.39 is 0 Å². The normalized spacial score (nSPS) is 10.8. The molecule has 0 aliphatic carbocycles. The molecule has 1 aromatic rings. The maximum absolute atomic E-state index is 5.90. The Morgan fingerprint density at radius 1 is 1.30 bits per heavy atom. The average molecular weight is 391 g/mol. The first-order chi connectivity index (χ1) is 9.27. The Hall–Kier alpha value is -1.05. The quantitative estimate of drug-likeness (QED) is 0.309. The van der Waals surface area contributed by atoms with Gasteiger partial charge in [0.05, 0.1) is 0 Å². The maximum atomic E-state index is 5.90. The van der Waals surface area contributed by atoms with Gasteiger partial charge in [-0.15, -0.1) is 24.0 Å². The van der Waals surface area contributed by atoms with E-state index in [9.17, 15) is 0 Å². The molecule has 114 valence electrons. The fourth-order valence-electron chi connectivity index (χ4n) is 1.76. The van der Waals surface area contributed by atoms with Crippen molar-refractivity contribution in [2.45, 2.75) is 26.7 Å². The highest BCUT2D eigenvalue weighted by atomic mass is 127. The number of hydrogen-bond donors (Lipinski definition) is 2. The first-order valence-corrected chi connectivity index (χ1v) is 6.97. The van der Waals surface area contributed by atoms with E-state index in [1.807, 2.05) is 18.2 Å². The van der Waals surface area contributed by atoms with Gasteiger partial charge in [-0.05, 0) is 38.8 Å². The van der Waals surface area contributed by atoms with Crippen LogP contribution in [0, 0.1) is 0 Å². The van der Waals surface area contributed by atoms with Crippen LogP contribution in [-0.4, -0.2) is 42.0 Å². The lowest BCUT2D eigenvalue weighted by atomic mass is 10.3. The number of rotatable bonds is 8. The third kappa shape index (κ3) is 7.52. The summed E-state index contributed by atoms with van der Waals surface area (Å²) in [6.07, 6.45) is 3.88.